The molecule has 9 heteroatoms. The first-order chi connectivity index (χ1) is 9.66. The fourth-order valence-corrected chi connectivity index (χ4v) is 2.31. The second-order valence-electron chi connectivity index (χ2n) is 3.70. The van der Waals surface area contributed by atoms with Gasteiger partial charge in [-0.2, -0.15) is 4.37 Å². The Balaban J connectivity index is 2.15. The van der Waals surface area contributed by atoms with Crippen LogP contribution >= 0.6 is 23.3 Å². The molecule has 0 saturated heterocycles. The van der Waals surface area contributed by atoms with E-state index in [1.165, 1.54) is 18.3 Å². The smallest absolute Gasteiger partial charge is 0.295 e. The van der Waals surface area contributed by atoms with Crippen molar-refractivity contribution in [1.82, 2.24) is 13.7 Å². The highest BCUT2D eigenvalue weighted by Crippen LogP contribution is 2.35. The molecule has 0 atom stereocenters. The van der Waals surface area contributed by atoms with Crippen LogP contribution in [-0.4, -0.2) is 18.7 Å². The highest BCUT2D eigenvalue weighted by molar-refractivity contribution is 6.99. The minimum Gasteiger partial charge on any atom is -0.435 e. The summed E-state index contributed by atoms with van der Waals surface area (Å²) in [7, 11) is 0. The average Bonchev–Trinajstić information content (AvgIpc) is 2.84. The first-order valence-electron chi connectivity index (χ1n) is 5.35. The van der Waals surface area contributed by atoms with Crippen LogP contribution < -0.4 is 4.74 Å². The van der Waals surface area contributed by atoms with E-state index in [0.717, 1.165) is 11.7 Å². The third-order valence-corrected chi connectivity index (χ3v) is 3.39. The van der Waals surface area contributed by atoms with Gasteiger partial charge in [-0.05, 0) is 18.2 Å². The van der Waals surface area contributed by atoms with Crippen molar-refractivity contribution in [1.29, 1.82) is 0 Å². The lowest BCUT2D eigenvalue weighted by molar-refractivity contribution is -0.383. The largest absolute Gasteiger partial charge is 0.435 e. The number of hydrogen-bond donors (Lipinski definition) is 0. The van der Waals surface area contributed by atoms with Crippen LogP contribution in [0.5, 0.6) is 11.6 Å². The number of non-ortho nitro benzene ring substituents is 1. The number of halogens is 1. The summed E-state index contributed by atoms with van der Waals surface area (Å²) >= 11 is 6.73. The van der Waals surface area contributed by atoms with E-state index >= 15 is 0 Å². The van der Waals surface area contributed by atoms with Gasteiger partial charge in [-0.1, -0.05) is 11.6 Å². The molecular weight excluding hydrogens is 304 g/mol. The molecule has 0 bridgehead atoms. The molecule has 3 aromatic rings. The van der Waals surface area contributed by atoms with Crippen LogP contribution in [0.1, 0.15) is 0 Å². The molecule has 0 saturated carbocycles. The van der Waals surface area contributed by atoms with E-state index in [-0.39, 0.29) is 22.2 Å². The molecule has 1 aromatic carbocycles. The second kappa shape index (κ2) is 4.99. The monoisotopic (exact) mass is 308 g/mol. The molecule has 2 aromatic heterocycles. The summed E-state index contributed by atoms with van der Waals surface area (Å²) < 4.78 is 13.2. The van der Waals surface area contributed by atoms with Crippen molar-refractivity contribution in [3.63, 3.8) is 0 Å². The minimum absolute atomic E-state index is 0.0875. The molecule has 0 amide bonds. The highest BCUT2D eigenvalue weighted by Gasteiger charge is 2.17. The van der Waals surface area contributed by atoms with Crippen LogP contribution in [0.25, 0.3) is 10.9 Å². The summed E-state index contributed by atoms with van der Waals surface area (Å²) in [5.41, 5.74) is 0.157. The summed E-state index contributed by atoms with van der Waals surface area (Å²) in [5, 5.41) is 11.6. The summed E-state index contributed by atoms with van der Waals surface area (Å²) in [6.45, 7) is 0. The summed E-state index contributed by atoms with van der Waals surface area (Å²) in [4.78, 5) is 14.5. The number of aromatic nitrogens is 3. The number of nitrogens with zero attached hydrogens (tertiary/aromatic N) is 4. The van der Waals surface area contributed by atoms with E-state index < -0.39 is 4.92 Å². The normalized spacial score (nSPS) is 10.7. The molecule has 0 aliphatic rings. The van der Waals surface area contributed by atoms with Crippen LogP contribution in [0.4, 0.5) is 5.69 Å². The fraction of sp³-hybridized carbons (Fsp3) is 0. The maximum absolute atomic E-state index is 11.0. The quantitative estimate of drug-likeness (QED) is 0.543. The van der Waals surface area contributed by atoms with E-state index in [1.54, 1.807) is 12.1 Å². The van der Waals surface area contributed by atoms with Gasteiger partial charge < -0.3 is 4.74 Å². The van der Waals surface area contributed by atoms with E-state index in [9.17, 15) is 10.1 Å². The number of nitro groups is 1. The first-order valence-corrected chi connectivity index (χ1v) is 6.45. The Hall–Kier alpha value is -2.32. The number of rotatable bonds is 3. The number of nitro benzene ring substituents is 1. The molecule has 3 rings (SSSR count). The number of ether oxygens (including phenoxy) is 1. The van der Waals surface area contributed by atoms with Crippen molar-refractivity contribution in [2.45, 2.75) is 0 Å². The fourth-order valence-electron chi connectivity index (χ4n) is 1.70. The van der Waals surface area contributed by atoms with Gasteiger partial charge >= 0.3 is 0 Å². The van der Waals surface area contributed by atoms with Gasteiger partial charge in [0.05, 0.1) is 22.0 Å². The van der Waals surface area contributed by atoms with Crippen molar-refractivity contribution >= 4 is 39.9 Å². The molecule has 2 heterocycles. The van der Waals surface area contributed by atoms with Gasteiger partial charge in [-0.3, -0.25) is 10.1 Å². The number of pyridine rings is 1. The molecule has 0 aliphatic heterocycles. The van der Waals surface area contributed by atoms with Gasteiger partial charge in [0.25, 0.3) is 11.6 Å². The minimum atomic E-state index is -0.490. The van der Waals surface area contributed by atoms with Crippen LogP contribution in [0.2, 0.25) is 5.15 Å². The third kappa shape index (κ3) is 2.15. The Morgan fingerprint density at radius 2 is 2.15 bits per heavy atom. The van der Waals surface area contributed by atoms with Crippen LogP contribution in [-0.2, 0) is 0 Å². The van der Waals surface area contributed by atoms with Crippen molar-refractivity contribution < 1.29 is 9.66 Å². The van der Waals surface area contributed by atoms with Crippen molar-refractivity contribution in [3.8, 4) is 11.6 Å². The lowest BCUT2D eigenvalue weighted by atomic mass is 10.2. The molecule has 100 valence electrons. The van der Waals surface area contributed by atoms with Crippen LogP contribution in [0.15, 0.2) is 30.5 Å². The number of fused-ring (bicyclic) bond motifs is 1. The Bertz CT molecular complexity index is 807. The average molecular weight is 309 g/mol. The zero-order valence-electron chi connectivity index (χ0n) is 9.69. The molecule has 0 fully saturated rings. The zero-order valence-corrected chi connectivity index (χ0v) is 11.3. The van der Waals surface area contributed by atoms with Gasteiger partial charge in [0.2, 0.25) is 5.15 Å². The summed E-state index contributed by atoms with van der Waals surface area (Å²) in [6, 6.07) is 6.16. The topological polar surface area (TPSA) is 91.0 Å². The van der Waals surface area contributed by atoms with Gasteiger partial charge in [0.1, 0.15) is 5.75 Å². The number of benzene rings is 1. The van der Waals surface area contributed by atoms with Gasteiger partial charge in [-0.25, -0.2) is 4.98 Å². The second-order valence-corrected chi connectivity index (χ2v) is 4.59. The number of hydrogen-bond acceptors (Lipinski definition) is 7. The van der Waals surface area contributed by atoms with Gasteiger partial charge in [0.15, 0.2) is 5.52 Å². The summed E-state index contributed by atoms with van der Waals surface area (Å²) in [5.74, 6) is 0.545. The van der Waals surface area contributed by atoms with E-state index in [1.807, 2.05) is 0 Å². The lowest BCUT2D eigenvalue weighted by Gasteiger charge is -2.06. The van der Waals surface area contributed by atoms with Crippen molar-refractivity contribution in [3.05, 3.63) is 45.7 Å². The molecule has 0 N–H and O–H groups in total. The Morgan fingerprint density at radius 3 is 2.85 bits per heavy atom. The molecule has 0 unspecified atom stereocenters. The zero-order chi connectivity index (χ0) is 14.1. The van der Waals surface area contributed by atoms with Gasteiger partial charge in [-0.15, -0.1) is 4.37 Å². The standard InChI is InChI=1S/C11H5ClN4O3S/c12-10-11(15-20-14-10)19-8-4-3-7(16(17)18)9-6(8)2-1-5-13-9/h1-5H. The Labute approximate surface area is 121 Å². The predicted molar refractivity (Wildman–Crippen MR) is 73.4 cm³/mol. The van der Waals surface area contributed by atoms with Gasteiger partial charge in [0, 0.05) is 12.3 Å². The first kappa shape index (κ1) is 12.7. The lowest BCUT2D eigenvalue weighted by Crippen LogP contribution is -1.94. The van der Waals surface area contributed by atoms with Crippen LogP contribution in [0, 0.1) is 10.1 Å². The molecule has 0 aliphatic carbocycles. The molecule has 0 radical (unpaired) electrons. The maximum atomic E-state index is 11.0. The van der Waals surface area contributed by atoms with E-state index in [2.05, 4.69) is 13.7 Å². The third-order valence-electron chi connectivity index (χ3n) is 2.53. The van der Waals surface area contributed by atoms with Crippen LogP contribution in [0.3, 0.4) is 0 Å². The molecule has 7 nitrogen and oxygen atoms in total. The molecular formula is C11H5ClN4O3S. The Kier molecular flexibility index (Phi) is 3.17. The molecule has 0 spiro atoms. The molecule has 20 heavy (non-hydrogen) atoms. The van der Waals surface area contributed by atoms with Crippen molar-refractivity contribution in [2.75, 3.05) is 0 Å². The summed E-state index contributed by atoms with van der Waals surface area (Å²) in [6.07, 6.45) is 1.48. The highest BCUT2D eigenvalue weighted by atomic mass is 35.5. The Morgan fingerprint density at radius 1 is 1.30 bits per heavy atom. The predicted octanol–water partition coefficient (Wildman–Crippen LogP) is 3.44. The van der Waals surface area contributed by atoms with Crippen molar-refractivity contribution in [2.24, 2.45) is 0 Å². The SMILES string of the molecule is O=[N+]([O-])c1ccc(Oc2nsnc2Cl)c2cccnc12. The maximum Gasteiger partial charge on any atom is 0.295 e. The van der Waals surface area contributed by atoms with E-state index in [0.29, 0.717) is 11.1 Å². The van der Waals surface area contributed by atoms with E-state index in [4.69, 9.17) is 16.3 Å².